The Morgan fingerprint density at radius 1 is 1.50 bits per heavy atom. The van der Waals surface area contributed by atoms with Crippen molar-refractivity contribution in [1.29, 1.82) is 0 Å². The number of benzene rings is 1. The van der Waals surface area contributed by atoms with E-state index in [0.29, 0.717) is 17.7 Å². The van der Waals surface area contributed by atoms with Crippen LogP contribution >= 0.6 is 0 Å². The van der Waals surface area contributed by atoms with E-state index in [-0.39, 0.29) is 0 Å². The van der Waals surface area contributed by atoms with Gasteiger partial charge in [-0.2, -0.15) is 0 Å². The van der Waals surface area contributed by atoms with Gasteiger partial charge in [0.25, 0.3) is 0 Å². The van der Waals surface area contributed by atoms with Crippen molar-refractivity contribution in [1.82, 2.24) is 5.32 Å². The lowest BCUT2D eigenvalue weighted by atomic mass is 10.1. The Kier molecular flexibility index (Phi) is 3.43. The summed E-state index contributed by atoms with van der Waals surface area (Å²) < 4.78 is 13.0. The SMILES string of the molecule is CNCC(O)c1cc(C)c(F)c(O)c1. The van der Waals surface area contributed by atoms with Gasteiger partial charge in [-0.3, -0.25) is 0 Å². The first kappa shape index (κ1) is 10.9. The molecule has 1 atom stereocenters. The minimum absolute atomic E-state index is 0.329. The number of hydrogen-bond acceptors (Lipinski definition) is 3. The summed E-state index contributed by atoms with van der Waals surface area (Å²) in [4.78, 5) is 0. The van der Waals surface area contributed by atoms with E-state index in [1.807, 2.05) is 0 Å². The molecule has 0 bridgehead atoms. The Bertz CT molecular complexity index is 305. The average Bonchev–Trinajstić information content (AvgIpc) is 2.13. The van der Waals surface area contributed by atoms with Crippen molar-refractivity contribution in [3.8, 4) is 5.75 Å². The smallest absolute Gasteiger partial charge is 0.167 e. The molecule has 0 heterocycles. The van der Waals surface area contributed by atoms with Crippen molar-refractivity contribution in [2.24, 2.45) is 0 Å². The van der Waals surface area contributed by atoms with Gasteiger partial charge in [-0.15, -0.1) is 0 Å². The lowest BCUT2D eigenvalue weighted by Crippen LogP contribution is -2.16. The van der Waals surface area contributed by atoms with Gasteiger partial charge in [0, 0.05) is 6.54 Å². The zero-order valence-electron chi connectivity index (χ0n) is 8.21. The molecule has 4 heteroatoms. The highest BCUT2D eigenvalue weighted by atomic mass is 19.1. The number of aromatic hydroxyl groups is 1. The Hall–Kier alpha value is -1.13. The number of aryl methyl sites for hydroxylation is 1. The van der Waals surface area contributed by atoms with Crippen LogP contribution in [0.25, 0.3) is 0 Å². The molecule has 3 nitrogen and oxygen atoms in total. The molecule has 1 rings (SSSR count). The van der Waals surface area contributed by atoms with Crippen LogP contribution in [0.4, 0.5) is 4.39 Å². The second-order valence-electron chi connectivity index (χ2n) is 3.24. The maximum absolute atomic E-state index is 13.0. The molecule has 0 aliphatic heterocycles. The van der Waals surface area contributed by atoms with Crippen molar-refractivity contribution in [2.75, 3.05) is 13.6 Å². The zero-order valence-corrected chi connectivity index (χ0v) is 8.21. The standard InChI is InChI=1S/C10H14FNO2/c1-6-3-7(9(14)5-12-2)4-8(13)10(6)11/h3-4,9,12-14H,5H2,1-2H3. The van der Waals surface area contributed by atoms with Gasteiger partial charge in [0.15, 0.2) is 11.6 Å². The van der Waals surface area contributed by atoms with Crippen molar-refractivity contribution in [3.05, 3.63) is 29.1 Å². The van der Waals surface area contributed by atoms with E-state index in [0.717, 1.165) is 0 Å². The molecule has 0 spiro atoms. The van der Waals surface area contributed by atoms with E-state index >= 15 is 0 Å². The molecule has 0 saturated heterocycles. The van der Waals surface area contributed by atoms with Crippen LogP contribution in [0.2, 0.25) is 0 Å². The Labute approximate surface area is 82.2 Å². The van der Waals surface area contributed by atoms with Gasteiger partial charge in [0.05, 0.1) is 6.10 Å². The normalized spacial score (nSPS) is 12.9. The molecule has 3 N–H and O–H groups in total. The van der Waals surface area contributed by atoms with Crippen LogP contribution < -0.4 is 5.32 Å². The molecule has 0 radical (unpaired) electrons. The Morgan fingerprint density at radius 2 is 2.14 bits per heavy atom. The summed E-state index contributed by atoms with van der Waals surface area (Å²) in [7, 11) is 1.71. The summed E-state index contributed by atoms with van der Waals surface area (Å²) >= 11 is 0. The molecular formula is C10H14FNO2. The molecule has 1 unspecified atom stereocenters. The zero-order chi connectivity index (χ0) is 10.7. The largest absolute Gasteiger partial charge is 0.505 e. The highest BCUT2D eigenvalue weighted by Gasteiger charge is 2.11. The fourth-order valence-corrected chi connectivity index (χ4v) is 1.28. The predicted molar refractivity (Wildman–Crippen MR) is 51.7 cm³/mol. The molecule has 1 aromatic rings. The first-order valence-corrected chi connectivity index (χ1v) is 4.38. The number of phenols is 1. The summed E-state index contributed by atoms with van der Waals surface area (Å²) in [6.07, 6.45) is -0.731. The highest BCUT2D eigenvalue weighted by Crippen LogP contribution is 2.24. The fraction of sp³-hybridized carbons (Fsp3) is 0.400. The van der Waals surface area contributed by atoms with Crippen LogP contribution in [0.5, 0.6) is 5.75 Å². The molecule has 0 fully saturated rings. The number of hydrogen-bond donors (Lipinski definition) is 3. The van der Waals surface area contributed by atoms with E-state index in [4.69, 9.17) is 0 Å². The van der Waals surface area contributed by atoms with E-state index in [2.05, 4.69) is 5.32 Å². The number of aliphatic hydroxyl groups is 1. The molecule has 14 heavy (non-hydrogen) atoms. The van der Waals surface area contributed by atoms with Crippen LogP contribution in [-0.4, -0.2) is 23.8 Å². The van der Waals surface area contributed by atoms with Gasteiger partial charge in [-0.05, 0) is 31.2 Å². The van der Waals surface area contributed by atoms with Crippen molar-refractivity contribution in [3.63, 3.8) is 0 Å². The summed E-state index contributed by atoms with van der Waals surface area (Å²) in [6, 6.07) is 2.77. The lowest BCUT2D eigenvalue weighted by molar-refractivity contribution is 0.177. The molecule has 78 valence electrons. The van der Waals surface area contributed by atoms with Gasteiger partial charge in [-0.1, -0.05) is 6.07 Å². The van der Waals surface area contributed by atoms with Gasteiger partial charge < -0.3 is 15.5 Å². The monoisotopic (exact) mass is 199 g/mol. The number of likely N-dealkylation sites (N-methyl/N-ethyl adjacent to an activating group) is 1. The summed E-state index contributed by atoms with van der Waals surface area (Å²) in [6.45, 7) is 1.91. The number of rotatable bonds is 3. The van der Waals surface area contributed by atoms with E-state index < -0.39 is 17.7 Å². The Balaban J connectivity index is 3.00. The minimum Gasteiger partial charge on any atom is -0.505 e. The highest BCUT2D eigenvalue weighted by molar-refractivity contribution is 5.35. The van der Waals surface area contributed by atoms with Crippen molar-refractivity contribution < 1.29 is 14.6 Å². The third-order valence-corrected chi connectivity index (χ3v) is 2.04. The quantitative estimate of drug-likeness (QED) is 0.683. The molecule has 0 aromatic heterocycles. The van der Waals surface area contributed by atoms with Crippen LogP contribution in [0.1, 0.15) is 17.2 Å². The van der Waals surface area contributed by atoms with Crippen LogP contribution in [0, 0.1) is 12.7 Å². The summed E-state index contributed by atoms with van der Waals surface area (Å²) in [5.41, 5.74) is 0.839. The topological polar surface area (TPSA) is 52.5 Å². The second kappa shape index (κ2) is 4.39. The number of phenolic OH excluding ortho intramolecular Hbond substituents is 1. The first-order valence-electron chi connectivity index (χ1n) is 4.38. The fourth-order valence-electron chi connectivity index (χ4n) is 1.28. The van der Waals surface area contributed by atoms with Crippen LogP contribution in [-0.2, 0) is 0 Å². The molecule has 0 saturated carbocycles. The average molecular weight is 199 g/mol. The maximum Gasteiger partial charge on any atom is 0.167 e. The van der Waals surface area contributed by atoms with E-state index in [9.17, 15) is 14.6 Å². The van der Waals surface area contributed by atoms with Gasteiger partial charge in [-0.25, -0.2) is 4.39 Å². The number of halogens is 1. The van der Waals surface area contributed by atoms with Crippen LogP contribution in [0.3, 0.4) is 0 Å². The first-order chi connectivity index (χ1) is 6.56. The van der Waals surface area contributed by atoms with Crippen LogP contribution in [0.15, 0.2) is 12.1 Å². The van der Waals surface area contributed by atoms with Gasteiger partial charge in [0.2, 0.25) is 0 Å². The summed E-state index contributed by atoms with van der Waals surface area (Å²) in [5, 5.41) is 21.5. The number of nitrogens with one attached hydrogen (secondary N) is 1. The van der Waals surface area contributed by atoms with Crippen molar-refractivity contribution in [2.45, 2.75) is 13.0 Å². The molecule has 1 aromatic carbocycles. The minimum atomic E-state index is -0.731. The summed E-state index contributed by atoms with van der Waals surface area (Å²) in [5.74, 6) is -1.06. The third-order valence-electron chi connectivity index (χ3n) is 2.04. The predicted octanol–water partition coefficient (Wildman–Crippen LogP) is 1.09. The van der Waals surface area contributed by atoms with E-state index in [1.165, 1.54) is 12.1 Å². The Morgan fingerprint density at radius 3 is 2.64 bits per heavy atom. The maximum atomic E-state index is 13.0. The lowest BCUT2D eigenvalue weighted by Gasteiger charge is -2.12. The molecular weight excluding hydrogens is 185 g/mol. The molecule has 0 aliphatic rings. The second-order valence-corrected chi connectivity index (χ2v) is 3.24. The molecule has 0 aliphatic carbocycles. The number of aliphatic hydroxyl groups excluding tert-OH is 1. The molecule has 0 amide bonds. The van der Waals surface area contributed by atoms with Crippen molar-refractivity contribution >= 4 is 0 Å². The van der Waals surface area contributed by atoms with Gasteiger partial charge in [0.1, 0.15) is 0 Å². The third kappa shape index (κ3) is 2.21. The van der Waals surface area contributed by atoms with Gasteiger partial charge >= 0.3 is 0 Å². The van der Waals surface area contributed by atoms with E-state index in [1.54, 1.807) is 14.0 Å².